The highest BCUT2D eigenvalue weighted by Gasteiger charge is 2.59. The number of ether oxygens (including phenoxy) is 2. The predicted molar refractivity (Wildman–Crippen MR) is 199 cm³/mol. The molecule has 4 rings (SSSR count). The highest BCUT2D eigenvalue weighted by atomic mass is 16.6. The van der Waals surface area contributed by atoms with Gasteiger partial charge in [-0.05, 0) is 138 Å². The van der Waals surface area contributed by atoms with Gasteiger partial charge >= 0.3 is 12.1 Å². The van der Waals surface area contributed by atoms with E-state index in [2.05, 4.69) is 37.5 Å². The number of carbonyl (C=O) groups is 3. The first-order valence-electron chi connectivity index (χ1n) is 20.0. The molecule has 2 amide bonds. The van der Waals surface area contributed by atoms with E-state index < -0.39 is 41.3 Å². The minimum atomic E-state index is -0.844. The summed E-state index contributed by atoms with van der Waals surface area (Å²) in [5.41, 5.74) is 0.743. The minimum absolute atomic E-state index is 0.146. The third-order valence-corrected chi connectivity index (χ3v) is 13.4. The summed E-state index contributed by atoms with van der Waals surface area (Å²) in [5, 5.41) is 15.8. The van der Waals surface area contributed by atoms with Crippen LogP contribution in [0, 0.1) is 52.3 Å². The van der Waals surface area contributed by atoms with Crippen LogP contribution in [0.25, 0.3) is 0 Å². The molecule has 0 aromatic rings. The van der Waals surface area contributed by atoms with E-state index in [0.29, 0.717) is 17.3 Å². The number of hydrogen-bond donors (Lipinski definition) is 3. The summed E-state index contributed by atoms with van der Waals surface area (Å²) in [4.78, 5) is 39.5. The van der Waals surface area contributed by atoms with Gasteiger partial charge in [0.1, 0.15) is 23.8 Å². The second-order valence-electron chi connectivity index (χ2n) is 19.6. The normalized spacial score (nSPS) is 32.9. The first-order chi connectivity index (χ1) is 23.1. The van der Waals surface area contributed by atoms with Gasteiger partial charge in [-0.15, -0.1) is 0 Å². The molecule has 3 N–H and O–H groups in total. The Kier molecular flexibility index (Phi) is 12.6. The molecule has 8 heteroatoms. The molecule has 4 aliphatic rings. The molecule has 10 atom stereocenters. The van der Waals surface area contributed by atoms with Crippen LogP contribution in [-0.2, 0) is 19.1 Å². The summed E-state index contributed by atoms with van der Waals surface area (Å²) in [6.45, 7) is 24.3. The van der Waals surface area contributed by atoms with Gasteiger partial charge in [0.05, 0.1) is 5.60 Å². The smallest absolute Gasteiger partial charge is 0.408 e. The van der Waals surface area contributed by atoms with Crippen LogP contribution >= 0.6 is 0 Å². The Balaban J connectivity index is 1.38. The van der Waals surface area contributed by atoms with E-state index in [4.69, 9.17) is 9.47 Å². The molecule has 0 spiro atoms. The van der Waals surface area contributed by atoms with Crippen LogP contribution in [0.5, 0.6) is 0 Å². The van der Waals surface area contributed by atoms with E-state index in [1.54, 1.807) is 20.8 Å². The van der Waals surface area contributed by atoms with Crippen LogP contribution in [0.4, 0.5) is 4.79 Å². The number of allylic oxidation sites excluding steroid dienone is 1. The van der Waals surface area contributed by atoms with E-state index in [9.17, 15) is 19.5 Å². The number of esters is 1. The lowest BCUT2D eigenvalue weighted by Gasteiger charge is -2.58. The lowest BCUT2D eigenvalue weighted by atomic mass is 9.47. The first kappa shape index (κ1) is 40.7. The third kappa shape index (κ3) is 9.28. The predicted octanol–water partition coefficient (Wildman–Crippen LogP) is 8.74. The van der Waals surface area contributed by atoms with Gasteiger partial charge in [-0.2, -0.15) is 0 Å². The number of aliphatic hydroxyl groups is 1. The van der Waals surface area contributed by atoms with Crippen LogP contribution < -0.4 is 10.6 Å². The van der Waals surface area contributed by atoms with E-state index in [1.807, 2.05) is 41.5 Å². The van der Waals surface area contributed by atoms with Crippen molar-refractivity contribution in [2.24, 2.45) is 52.3 Å². The maximum atomic E-state index is 13.6. The standard InChI is InChI=1S/C42H72N2O6/c1-25(2)34(44-38(47)50-39(6,7)8)36(45)43-35(26(3)4)37(46)49-29-19-22-41(11)28(24-29)15-16-30-32-18-17-31(42(32,12)23-20-33(30)41)27(5)14-13-21-40(9,10)48/h15,25-27,29-35,48H,13-14,16-24H2,1-12H3,(H,43,45)(H,44,47)/t27-,29+,30+,31-,32+,33+,34+,35+,41+,42-/m1/s1. The Labute approximate surface area is 304 Å². The quantitative estimate of drug-likeness (QED) is 0.139. The Morgan fingerprint density at radius 3 is 2.16 bits per heavy atom. The number of hydrogen-bond acceptors (Lipinski definition) is 6. The zero-order chi connectivity index (χ0) is 37.4. The maximum Gasteiger partial charge on any atom is 0.408 e. The van der Waals surface area contributed by atoms with Gasteiger partial charge in [0.15, 0.2) is 0 Å². The van der Waals surface area contributed by atoms with Crippen molar-refractivity contribution < 1.29 is 29.0 Å². The Hall–Kier alpha value is -2.09. The molecule has 4 aliphatic carbocycles. The highest BCUT2D eigenvalue weighted by molar-refractivity contribution is 5.90. The zero-order valence-corrected chi connectivity index (χ0v) is 33.6. The molecular weight excluding hydrogens is 628 g/mol. The number of nitrogens with one attached hydrogen (secondary N) is 2. The SMILES string of the molecule is CC(C)[C@H](NC(=O)OC(C)(C)C)C(=O)N[C@H](C(=O)O[C@H]1CC[C@@]2(C)C(=CC[C@H]3[C@@H]4CC[C@H]([C@H](C)CCCC(C)(C)O)[C@@]4(C)CC[C@@H]32)C1)C(C)C. The first-order valence-corrected chi connectivity index (χ1v) is 20.0. The van der Waals surface area contributed by atoms with Crippen LogP contribution in [-0.4, -0.2) is 52.5 Å². The maximum absolute atomic E-state index is 13.6. The fourth-order valence-corrected chi connectivity index (χ4v) is 10.7. The molecule has 286 valence electrons. The van der Waals surface area contributed by atoms with Gasteiger partial charge in [-0.3, -0.25) is 4.79 Å². The number of carbonyl (C=O) groups excluding carboxylic acids is 3. The van der Waals surface area contributed by atoms with Crippen molar-refractivity contribution in [3.63, 3.8) is 0 Å². The summed E-state index contributed by atoms with van der Waals surface area (Å²) in [6, 6.07) is -1.66. The Morgan fingerprint density at radius 2 is 1.56 bits per heavy atom. The molecule has 0 radical (unpaired) electrons. The van der Waals surface area contributed by atoms with E-state index >= 15 is 0 Å². The minimum Gasteiger partial charge on any atom is -0.461 e. The average molecular weight is 701 g/mol. The van der Waals surface area contributed by atoms with E-state index in [-0.39, 0.29) is 23.4 Å². The number of amides is 2. The fourth-order valence-electron chi connectivity index (χ4n) is 10.7. The van der Waals surface area contributed by atoms with Crippen molar-refractivity contribution in [1.82, 2.24) is 10.6 Å². The van der Waals surface area contributed by atoms with E-state index in [1.165, 1.54) is 37.7 Å². The molecule has 0 saturated heterocycles. The summed E-state index contributed by atoms with van der Waals surface area (Å²) < 4.78 is 11.6. The Bertz CT molecular complexity index is 1250. The third-order valence-electron chi connectivity index (χ3n) is 13.4. The summed E-state index contributed by atoms with van der Waals surface area (Å²) in [6.07, 6.45) is 13.8. The molecule has 50 heavy (non-hydrogen) atoms. The molecule has 0 aromatic heterocycles. The van der Waals surface area contributed by atoms with Crippen LogP contribution in [0.2, 0.25) is 0 Å². The number of fused-ring (bicyclic) bond motifs is 5. The Morgan fingerprint density at radius 1 is 0.900 bits per heavy atom. The van der Waals surface area contributed by atoms with Gasteiger partial charge in [-0.1, -0.05) is 73.0 Å². The van der Waals surface area contributed by atoms with Crippen LogP contribution in [0.15, 0.2) is 11.6 Å². The van der Waals surface area contributed by atoms with Crippen molar-refractivity contribution in [3.8, 4) is 0 Å². The van der Waals surface area contributed by atoms with Crippen LogP contribution in [0.3, 0.4) is 0 Å². The van der Waals surface area contributed by atoms with Crippen molar-refractivity contribution in [3.05, 3.63) is 11.6 Å². The summed E-state index contributed by atoms with van der Waals surface area (Å²) in [5.74, 6) is 2.42. The fraction of sp³-hybridized carbons (Fsp3) is 0.881. The van der Waals surface area contributed by atoms with Crippen molar-refractivity contribution in [1.29, 1.82) is 0 Å². The molecule has 0 bridgehead atoms. The molecule has 8 nitrogen and oxygen atoms in total. The molecule has 0 unspecified atom stereocenters. The van der Waals surface area contributed by atoms with Gasteiger partial charge in [0.2, 0.25) is 5.91 Å². The molecule has 0 aliphatic heterocycles. The van der Waals surface area contributed by atoms with Gasteiger partial charge < -0.3 is 25.2 Å². The second kappa shape index (κ2) is 15.5. The summed E-state index contributed by atoms with van der Waals surface area (Å²) >= 11 is 0. The van der Waals surface area contributed by atoms with E-state index in [0.717, 1.165) is 56.3 Å². The van der Waals surface area contributed by atoms with Crippen LogP contribution in [0.1, 0.15) is 154 Å². The van der Waals surface area contributed by atoms with Gasteiger partial charge in [-0.25, -0.2) is 9.59 Å². The van der Waals surface area contributed by atoms with Gasteiger partial charge in [0, 0.05) is 6.42 Å². The lowest BCUT2D eigenvalue weighted by Crippen LogP contribution is -2.56. The second-order valence-corrected chi connectivity index (χ2v) is 19.6. The molecule has 3 fully saturated rings. The van der Waals surface area contributed by atoms with Crippen molar-refractivity contribution >= 4 is 18.0 Å². The molecule has 0 heterocycles. The topological polar surface area (TPSA) is 114 Å². The number of alkyl carbamates (subject to hydrolysis) is 1. The lowest BCUT2D eigenvalue weighted by molar-refractivity contribution is -0.157. The van der Waals surface area contributed by atoms with Crippen molar-refractivity contribution in [2.45, 2.75) is 183 Å². The highest BCUT2D eigenvalue weighted by Crippen LogP contribution is 2.67. The van der Waals surface area contributed by atoms with Gasteiger partial charge in [0.25, 0.3) is 0 Å². The average Bonchev–Trinajstić information content (AvgIpc) is 3.34. The number of rotatable bonds is 12. The largest absolute Gasteiger partial charge is 0.461 e. The zero-order valence-electron chi connectivity index (χ0n) is 33.6. The molecule has 3 saturated carbocycles. The monoisotopic (exact) mass is 701 g/mol. The summed E-state index contributed by atoms with van der Waals surface area (Å²) in [7, 11) is 0. The molecular formula is C42H72N2O6. The van der Waals surface area contributed by atoms with Crippen molar-refractivity contribution in [2.75, 3.05) is 0 Å². The molecule has 0 aromatic carbocycles.